The van der Waals surface area contributed by atoms with E-state index in [1.165, 1.54) is 17.0 Å². The Kier molecular flexibility index (Phi) is 2.45. The third kappa shape index (κ3) is 1.72. The maximum Gasteiger partial charge on any atom is 0.322 e. The molecule has 0 fully saturated rings. The third-order valence-corrected chi connectivity index (χ3v) is 3.46. The molecular formula is C13H13N3O3. The molecule has 0 aliphatic carbocycles. The molecule has 6 heteroatoms. The second kappa shape index (κ2) is 4.01. The van der Waals surface area contributed by atoms with E-state index in [1.807, 2.05) is 0 Å². The quantitative estimate of drug-likeness (QED) is 0.685. The van der Waals surface area contributed by atoms with E-state index >= 15 is 0 Å². The smallest absolute Gasteiger partial charge is 0.322 e. The Hall–Kier alpha value is -2.50. The van der Waals surface area contributed by atoms with Crippen LogP contribution in [0.3, 0.4) is 0 Å². The summed E-state index contributed by atoms with van der Waals surface area (Å²) < 4.78 is 0. The van der Waals surface area contributed by atoms with E-state index in [2.05, 4.69) is 10.6 Å². The number of nitrogens with zero attached hydrogens (tertiary/aromatic N) is 1. The lowest BCUT2D eigenvalue weighted by molar-refractivity contribution is -0.116. The number of aromatic hydroxyl groups is 1. The van der Waals surface area contributed by atoms with Crippen molar-refractivity contribution in [3.05, 3.63) is 41.1 Å². The number of hydrogen-bond donors (Lipinski definition) is 3. The van der Waals surface area contributed by atoms with Gasteiger partial charge in [0.05, 0.1) is 23.9 Å². The van der Waals surface area contributed by atoms with E-state index in [0.717, 1.165) is 5.56 Å². The predicted octanol–water partition coefficient (Wildman–Crippen LogP) is 0.472. The van der Waals surface area contributed by atoms with Gasteiger partial charge in [-0.05, 0) is 17.7 Å². The highest BCUT2D eigenvalue weighted by Crippen LogP contribution is 2.32. The summed E-state index contributed by atoms with van der Waals surface area (Å²) in [5.74, 6) is -0.0204. The number of amides is 3. The maximum absolute atomic E-state index is 11.9. The predicted molar refractivity (Wildman–Crippen MR) is 67.2 cm³/mol. The molecule has 6 nitrogen and oxygen atoms in total. The van der Waals surface area contributed by atoms with Crippen molar-refractivity contribution in [3.63, 3.8) is 0 Å². The van der Waals surface area contributed by atoms with Gasteiger partial charge in [-0.25, -0.2) is 4.79 Å². The lowest BCUT2D eigenvalue weighted by Crippen LogP contribution is -2.45. The van der Waals surface area contributed by atoms with Crippen LogP contribution in [-0.4, -0.2) is 35.5 Å². The standard InChI is InChI=1S/C13H13N3O3/c1-16-9-6-14-12(18)10(9)11(15-13(16)19)7-2-4-8(17)5-3-7/h2-5,11,17H,6H2,1H3,(H,14,18)(H,15,19)/t11-/m0/s1. The van der Waals surface area contributed by atoms with E-state index in [-0.39, 0.29) is 17.7 Å². The average Bonchev–Trinajstić information content (AvgIpc) is 2.78. The van der Waals surface area contributed by atoms with Crippen molar-refractivity contribution in [2.45, 2.75) is 6.04 Å². The number of nitrogens with one attached hydrogen (secondary N) is 2. The molecule has 2 aliphatic heterocycles. The number of rotatable bonds is 1. The van der Waals surface area contributed by atoms with Gasteiger partial charge in [0, 0.05) is 7.05 Å². The van der Waals surface area contributed by atoms with Crippen molar-refractivity contribution >= 4 is 11.9 Å². The number of likely N-dealkylation sites (N-methyl/N-ethyl adjacent to an activating group) is 1. The number of carbonyl (C=O) groups excluding carboxylic acids is 2. The van der Waals surface area contributed by atoms with Crippen LogP contribution < -0.4 is 10.6 Å². The van der Waals surface area contributed by atoms with Gasteiger partial charge in [0.25, 0.3) is 5.91 Å². The Bertz CT molecular complexity index is 592. The van der Waals surface area contributed by atoms with Gasteiger partial charge in [-0.15, -0.1) is 0 Å². The molecule has 98 valence electrons. The summed E-state index contributed by atoms with van der Waals surface area (Å²) in [5, 5.41) is 14.8. The zero-order chi connectivity index (χ0) is 13.6. The highest BCUT2D eigenvalue weighted by molar-refractivity contribution is 6.01. The zero-order valence-electron chi connectivity index (χ0n) is 10.3. The van der Waals surface area contributed by atoms with Crippen LogP contribution in [0.15, 0.2) is 35.5 Å². The minimum Gasteiger partial charge on any atom is -0.508 e. The van der Waals surface area contributed by atoms with Crippen LogP contribution in [-0.2, 0) is 4.79 Å². The molecule has 0 bridgehead atoms. The number of carbonyl (C=O) groups is 2. The first-order chi connectivity index (χ1) is 9.08. The third-order valence-electron chi connectivity index (χ3n) is 3.46. The first-order valence-corrected chi connectivity index (χ1v) is 5.92. The van der Waals surface area contributed by atoms with E-state index in [1.54, 1.807) is 19.2 Å². The van der Waals surface area contributed by atoms with Crippen LogP contribution >= 0.6 is 0 Å². The fraction of sp³-hybridized carbons (Fsp3) is 0.231. The molecule has 1 atom stereocenters. The largest absolute Gasteiger partial charge is 0.508 e. The molecule has 1 aromatic rings. The van der Waals surface area contributed by atoms with Crippen LogP contribution in [0.25, 0.3) is 0 Å². The second-order valence-corrected chi connectivity index (χ2v) is 4.58. The van der Waals surface area contributed by atoms with Gasteiger partial charge in [-0.3, -0.25) is 9.69 Å². The summed E-state index contributed by atoms with van der Waals surface area (Å²) in [6.45, 7) is 0.368. The van der Waals surface area contributed by atoms with Gasteiger partial charge in [-0.1, -0.05) is 12.1 Å². The maximum atomic E-state index is 11.9. The van der Waals surface area contributed by atoms with Gasteiger partial charge < -0.3 is 15.7 Å². The molecule has 0 spiro atoms. The Labute approximate surface area is 109 Å². The molecule has 0 saturated heterocycles. The molecule has 19 heavy (non-hydrogen) atoms. The molecule has 2 heterocycles. The summed E-state index contributed by atoms with van der Waals surface area (Å²) in [5.41, 5.74) is 2.03. The minimum atomic E-state index is -0.471. The lowest BCUT2D eigenvalue weighted by Gasteiger charge is -2.31. The van der Waals surface area contributed by atoms with Gasteiger partial charge in [0.2, 0.25) is 0 Å². The molecule has 0 radical (unpaired) electrons. The van der Waals surface area contributed by atoms with Crippen LogP contribution in [0.5, 0.6) is 5.75 Å². The van der Waals surface area contributed by atoms with Crippen LogP contribution in [0.2, 0.25) is 0 Å². The van der Waals surface area contributed by atoms with Crippen molar-refractivity contribution in [1.82, 2.24) is 15.5 Å². The normalized spacial score (nSPS) is 22.2. The number of phenolic OH excluding ortho intramolecular Hbond substituents is 1. The topological polar surface area (TPSA) is 81.7 Å². The molecule has 0 aromatic heterocycles. The molecule has 3 rings (SSSR count). The Balaban J connectivity index is 2.08. The summed E-state index contributed by atoms with van der Waals surface area (Å²) >= 11 is 0. The number of hydrogen-bond acceptors (Lipinski definition) is 3. The monoisotopic (exact) mass is 259 g/mol. The number of phenols is 1. The number of benzene rings is 1. The zero-order valence-corrected chi connectivity index (χ0v) is 10.3. The molecular weight excluding hydrogens is 246 g/mol. The molecule has 0 saturated carbocycles. The summed E-state index contributed by atoms with van der Waals surface area (Å²) in [4.78, 5) is 25.2. The second-order valence-electron chi connectivity index (χ2n) is 4.58. The van der Waals surface area contributed by atoms with Crippen LogP contribution in [0, 0.1) is 0 Å². The van der Waals surface area contributed by atoms with Crippen LogP contribution in [0.1, 0.15) is 11.6 Å². The first-order valence-electron chi connectivity index (χ1n) is 5.92. The SMILES string of the molecule is CN1C(=O)N[C@@H](c2ccc(O)cc2)C2=C1CNC2=O. The van der Waals surface area contributed by atoms with Crippen molar-refractivity contribution in [1.29, 1.82) is 0 Å². The van der Waals surface area contributed by atoms with Gasteiger partial charge in [0.1, 0.15) is 5.75 Å². The fourth-order valence-corrected chi connectivity index (χ4v) is 2.41. The average molecular weight is 259 g/mol. The summed E-state index contributed by atoms with van der Waals surface area (Å²) in [7, 11) is 1.64. The first kappa shape index (κ1) is 11.6. The van der Waals surface area contributed by atoms with Crippen molar-refractivity contribution < 1.29 is 14.7 Å². The van der Waals surface area contributed by atoms with Gasteiger partial charge >= 0.3 is 6.03 Å². The van der Waals surface area contributed by atoms with E-state index in [4.69, 9.17) is 0 Å². The summed E-state index contributed by atoms with van der Waals surface area (Å²) in [6.07, 6.45) is 0. The van der Waals surface area contributed by atoms with Gasteiger partial charge in [-0.2, -0.15) is 0 Å². The molecule has 0 unspecified atom stereocenters. The van der Waals surface area contributed by atoms with Gasteiger partial charge in [0.15, 0.2) is 0 Å². The number of urea groups is 1. The Morgan fingerprint density at radius 3 is 2.63 bits per heavy atom. The molecule has 2 aliphatic rings. The molecule has 3 N–H and O–H groups in total. The molecule has 1 aromatic carbocycles. The van der Waals surface area contributed by atoms with E-state index < -0.39 is 6.04 Å². The Morgan fingerprint density at radius 1 is 1.26 bits per heavy atom. The minimum absolute atomic E-state index is 0.146. The highest BCUT2D eigenvalue weighted by Gasteiger charge is 2.38. The van der Waals surface area contributed by atoms with Crippen molar-refractivity contribution in [2.24, 2.45) is 0 Å². The lowest BCUT2D eigenvalue weighted by atomic mass is 9.96. The summed E-state index contributed by atoms with van der Waals surface area (Å²) in [6, 6.07) is 5.75. The molecule has 3 amide bonds. The Morgan fingerprint density at radius 2 is 1.95 bits per heavy atom. The van der Waals surface area contributed by atoms with Crippen LogP contribution in [0.4, 0.5) is 4.79 Å². The van der Waals surface area contributed by atoms with Crippen molar-refractivity contribution in [2.75, 3.05) is 13.6 Å². The highest BCUT2D eigenvalue weighted by atomic mass is 16.3. The fourth-order valence-electron chi connectivity index (χ4n) is 2.41. The van der Waals surface area contributed by atoms with E-state index in [0.29, 0.717) is 17.8 Å². The van der Waals surface area contributed by atoms with Crippen molar-refractivity contribution in [3.8, 4) is 5.75 Å². The van der Waals surface area contributed by atoms with E-state index in [9.17, 15) is 14.7 Å².